The van der Waals surface area contributed by atoms with Gasteiger partial charge in [0.25, 0.3) is 0 Å². The molecule has 3 aliphatic heterocycles. The van der Waals surface area contributed by atoms with Gasteiger partial charge in [-0.15, -0.1) is 0 Å². The fraction of sp³-hybridized carbons (Fsp3) is 0.708. The molecule has 1 N–H and O–H groups in total. The summed E-state index contributed by atoms with van der Waals surface area (Å²) in [5.74, 6) is 1.59. The van der Waals surface area contributed by atoms with Crippen LogP contribution in [-0.4, -0.2) is 79.0 Å². The number of methoxy groups -OCH3 is 1. The summed E-state index contributed by atoms with van der Waals surface area (Å²) in [4.78, 5) is 36.3. The van der Waals surface area contributed by atoms with E-state index in [9.17, 15) is 14.7 Å². The molecule has 1 aromatic rings. The van der Waals surface area contributed by atoms with Crippen molar-refractivity contribution in [2.75, 3.05) is 49.7 Å². The van der Waals surface area contributed by atoms with Crippen LogP contribution in [0.5, 0.6) is 5.75 Å². The van der Waals surface area contributed by atoms with Crippen LogP contribution in [0.4, 0.5) is 16.3 Å². The van der Waals surface area contributed by atoms with Crippen LogP contribution in [0.1, 0.15) is 51.4 Å². The molecule has 2 amide bonds. The van der Waals surface area contributed by atoms with E-state index < -0.39 is 0 Å². The standard InChI is InChI=1S/C24H34N4O5/c1-32-20-14-18(28-11-3-13-33-23(28)31)15-25-21(20)26-10-2-8-24(16-26)9-12-27(22(24)30)17-4-6-19(29)7-5-17/h14-15,17,19,29H,2-13,16H2,1H3/t17-,19+,24?. The second-order valence-electron chi connectivity index (χ2n) is 9.86. The zero-order valence-corrected chi connectivity index (χ0v) is 19.4. The van der Waals surface area contributed by atoms with Gasteiger partial charge in [0.15, 0.2) is 11.6 Å². The third-order valence-electron chi connectivity index (χ3n) is 7.85. The Hall–Kier alpha value is -2.55. The molecular weight excluding hydrogens is 424 g/mol. The number of anilines is 2. The molecule has 0 bridgehead atoms. The van der Waals surface area contributed by atoms with E-state index in [0.717, 1.165) is 70.3 Å². The molecule has 1 aliphatic carbocycles. The van der Waals surface area contributed by atoms with Crippen LogP contribution in [0.25, 0.3) is 0 Å². The maximum Gasteiger partial charge on any atom is 0.414 e. The molecule has 9 heteroatoms. The number of carbonyl (C=O) groups is 2. The Balaban J connectivity index is 1.33. The number of aromatic nitrogens is 1. The van der Waals surface area contributed by atoms with Gasteiger partial charge in [-0.2, -0.15) is 0 Å². The third kappa shape index (κ3) is 4.11. The quantitative estimate of drug-likeness (QED) is 0.741. The van der Waals surface area contributed by atoms with Gasteiger partial charge in [0.05, 0.1) is 37.1 Å². The first-order chi connectivity index (χ1) is 16.0. The van der Waals surface area contributed by atoms with Crippen LogP contribution >= 0.6 is 0 Å². The van der Waals surface area contributed by atoms with Crippen molar-refractivity contribution < 1.29 is 24.2 Å². The predicted octanol–water partition coefficient (Wildman–Crippen LogP) is 2.56. The van der Waals surface area contributed by atoms with E-state index in [1.54, 1.807) is 18.2 Å². The molecule has 33 heavy (non-hydrogen) atoms. The van der Waals surface area contributed by atoms with Gasteiger partial charge < -0.3 is 24.4 Å². The number of aliphatic hydroxyl groups is 1. The summed E-state index contributed by atoms with van der Waals surface area (Å²) in [6, 6.07) is 2.10. The first-order valence-electron chi connectivity index (χ1n) is 12.2. The number of pyridine rings is 1. The van der Waals surface area contributed by atoms with Crippen LogP contribution in [0.2, 0.25) is 0 Å². The van der Waals surface area contributed by atoms with Gasteiger partial charge in [0.1, 0.15) is 0 Å². The predicted molar refractivity (Wildman–Crippen MR) is 123 cm³/mol. The fourth-order valence-electron chi connectivity index (χ4n) is 6.01. The average molecular weight is 459 g/mol. The summed E-state index contributed by atoms with van der Waals surface area (Å²) in [5.41, 5.74) is 0.283. The molecule has 4 fully saturated rings. The second-order valence-corrected chi connectivity index (χ2v) is 9.86. The van der Waals surface area contributed by atoms with E-state index in [4.69, 9.17) is 9.47 Å². The topological polar surface area (TPSA) is 95.4 Å². The molecule has 4 aliphatic rings. The first-order valence-corrected chi connectivity index (χ1v) is 12.2. The van der Waals surface area contributed by atoms with Crippen LogP contribution in [-0.2, 0) is 9.53 Å². The highest BCUT2D eigenvalue weighted by atomic mass is 16.6. The van der Waals surface area contributed by atoms with Gasteiger partial charge in [0.2, 0.25) is 5.91 Å². The number of carbonyl (C=O) groups excluding carboxylic acids is 2. The molecule has 1 spiro atoms. The first kappa shape index (κ1) is 22.3. The molecule has 4 heterocycles. The summed E-state index contributed by atoms with van der Waals surface area (Å²) >= 11 is 0. The number of amides is 2. The highest BCUT2D eigenvalue weighted by Gasteiger charge is 2.51. The Labute approximate surface area is 194 Å². The number of rotatable bonds is 4. The Morgan fingerprint density at radius 2 is 1.94 bits per heavy atom. The van der Waals surface area contributed by atoms with E-state index in [2.05, 4.69) is 14.8 Å². The molecule has 1 atom stereocenters. The molecule has 0 radical (unpaired) electrons. The molecule has 1 aromatic heterocycles. The SMILES string of the molecule is COc1cc(N2CCCOC2=O)cnc1N1CCCC2(CCN([C@H]3CC[C@@H](O)CC3)C2=O)C1. The van der Waals surface area contributed by atoms with Gasteiger partial charge in [-0.1, -0.05) is 0 Å². The smallest absolute Gasteiger partial charge is 0.414 e. The minimum atomic E-state index is -0.379. The van der Waals surface area contributed by atoms with E-state index in [1.807, 2.05) is 6.07 Å². The van der Waals surface area contributed by atoms with Gasteiger partial charge in [-0.05, 0) is 51.4 Å². The molecule has 5 rings (SSSR count). The third-order valence-corrected chi connectivity index (χ3v) is 7.85. The zero-order valence-electron chi connectivity index (χ0n) is 19.4. The van der Waals surface area contributed by atoms with Gasteiger partial charge in [-0.3, -0.25) is 9.69 Å². The molecule has 9 nitrogen and oxygen atoms in total. The summed E-state index contributed by atoms with van der Waals surface area (Å²) in [6.45, 7) is 3.29. The Bertz CT molecular complexity index is 903. The molecule has 1 saturated carbocycles. The second kappa shape index (κ2) is 9.00. The van der Waals surface area contributed by atoms with Crippen molar-refractivity contribution in [3.63, 3.8) is 0 Å². The lowest BCUT2D eigenvalue weighted by Crippen LogP contribution is -2.50. The maximum atomic E-state index is 13.6. The Morgan fingerprint density at radius 1 is 1.12 bits per heavy atom. The normalized spacial score (nSPS) is 30.7. The van der Waals surface area contributed by atoms with E-state index >= 15 is 0 Å². The van der Waals surface area contributed by atoms with Gasteiger partial charge in [0, 0.05) is 38.3 Å². The highest BCUT2D eigenvalue weighted by molar-refractivity contribution is 5.89. The minimum absolute atomic E-state index is 0.216. The fourth-order valence-corrected chi connectivity index (χ4v) is 6.01. The van der Waals surface area contributed by atoms with E-state index in [1.165, 1.54) is 0 Å². The highest BCUT2D eigenvalue weighted by Crippen LogP contribution is 2.44. The summed E-state index contributed by atoms with van der Waals surface area (Å²) < 4.78 is 10.8. The van der Waals surface area contributed by atoms with Crippen LogP contribution < -0.4 is 14.5 Å². The molecule has 3 saturated heterocycles. The number of aliphatic hydroxyl groups excluding tert-OH is 1. The average Bonchev–Trinajstić information content (AvgIpc) is 3.14. The Morgan fingerprint density at radius 3 is 2.70 bits per heavy atom. The zero-order chi connectivity index (χ0) is 23.0. The van der Waals surface area contributed by atoms with Crippen LogP contribution in [0, 0.1) is 5.41 Å². The van der Waals surface area contributed by atoms with E-state index in [-0.39, 0.29) is 29.6 Å². The lowest BCUT2D eigenvalue weighted by molar-refractivity contribution is -0.139. The van der Waals surface area contributed by atoms with Crippen molar-refractivity contribution in [2.45, 2.75) is 63.5 Å². The molecular formula is C24H34N4O5. The lowest BCUT2D eigenvalue weighted by atomic mass is 9.78. The number of nitrogens with zero attached hydrogens (tertiary/aromatic N) is 4. The van der Waals surface area contributed by atoms with Crippen LogP contribution in [0.15, 0.2) is 12.3 Å². The number of hydrogen-bond acceptors (Lipinski definition) is 7. The summed E-state index contributed by atoms with van der Waals surface area (Å²) in [6.07, 6.45) is 7.93. The number of cyclic esters (lactones) is 1. The monoisotopic (exact) mass is 458 g/mol. The van der Waals surface area contributed by atoms with Crippen molar-refractivity contribution in [3.05, 3.63) is 12.3 Å². The Kier molecular flexibility index (Phi) is 6.07. The summed E-state index contributed by atoms with van der Waals surface area (Å²) in [7, 11) is 1.61. The maximum absolute atomic E-state index is 13.6. The van der Waals surface area contributed by atoms with Gasteiger partial charge >= 0.3 is 6.09 Å². The molecule has 1 unspecified atom stereocenters. The number of likely N-dealkylation sites (tertiary alicyclic amines) is 1. The lowest BCUT2D eigenvalue weighted by Gasteiger charge is -2.41. The number of hydrogen-bond donors (Lipinski definition) is 1. The van der Waals surface area contributed by atoms with Crippen molar-refractivity contribution in [3.8, 4) is 5.75 Å². The largest absolute Gasteiger partial charge is 0.493 e. The van der Waals surface area contributed by atoms with Crippen LogP contribution in [0.3, 0.4) is 0 Å². The summed E-state index contributed by atoms with van der Waals surface area (Å²) in [5, 5.41) is 9.85. The molecule has 180 valence electrons. The van der Waals surface area contributed by atoms with Crippen molar-refractivity contribution >= 4 is 23.5 Å². The van der Waals surface area contributed by atoms with Crippen molar-refractivity contribution in [1.82, 2.24) is 9.88 Å². The van der Waals surface area contributed by atoms with E-state index in [0.29, 0.717) is 31.1 Å². The van der Waals surface area contributed by atoms with Crippen molar-refractivity contribution in [2.24, 2.45) is 5.41 Å². The minimum Gasteiger partial charge on any atom is -0.493 e. The van der Waals surface area contributed by atoms with Gasteiger partial charge in [-0.25, -0.2) is 9.78 Å². The number of piperidine rings is 1. The number of ether oxygens (including phenoxy) is 2. The van der Waals surface area contributed by atoms with Crippen molar-refractivity contribution in [1.29, 1.82) is 0 Å². The molecule has 0 aromatic carbocycles.